The summed E-state index contributed by atoms with van der Waals surface area (Å²) in [4.78, 5) is 28.1. The standard InChI is InChI=1S/C15H11Cl3N2O3S/c16-9-1-3-11(4-2-9)24-8-14(22)23-7-13(21)20-15-12(18)5-10(17)6-19-15/h1-6H,7-8H2,(H,19,20,21). The third kappa shape index (κ3) is 6.20. The highest BCUT2D eigenvalue weighted by molar-refractivity contribution is 8.00. The minimum atomic E-state index is -0.545. The van der Waals surface area contributed by atoms with Crippen molar-refractivity contribution in [1.82, 2.24) is 4.98 Å². The average molecular weight is 406 g/mol. The number of anilines is 1. The second-order valence-corrected chi connectivity index (χ2v) is 6.76. The van der Waals surface area contributed by atoms with Gasteiger partial charge in [-0.25, -0.2) is 4.98 Å². The van der Waals surface area contributed by atoms with Gasteiger partial charge in [0, 0.05) is 16.1 Å². The molecule has 0 aliphatic rings. The van der Waals surface area contributed by atoms with Crippen LogP contribution in [0.4, 0.5) is 5.82 Å². The topological polar surface area (TPSA) is 68.3 Å². The Bertz CT molecular complexity index is 741. The first kappa shape index (κ1) is 18.9. The largest absolute Gasteiger partial charge is 0.455 e. The molecule has 0 aliphatic heterocycles. The van der Waals surface area contributed by atoms with Crippen LogP contribution in [-0.2, 0) is 14.3 Å². The summed E-state index contributed by atoms with van der Waals surface area (Å²) >= 11 is 18.7. The number of aromatic nitrogens is 1. The highest BCUT2D eigenvalue weighted by Crippen LogP contribution is 2.22. The molecule has 0 unspecified atom stereocenters. The van der Waals surface area contributed by atoms with E-state index in [4.69, 9.17) is 39.5 Å². The molecule has 1 amide bonds. The van der Waals surface area contributed by atoms with Crippen LogP contribution in [0.5, 0.6) is 0 Å². The van der Waals surface area contributed by atoms with Crippen LogP contribution >= 0.6 is 46.6 Å². The number of thioether (sulfide) groups is 1. The summed E-state index contributed by atoms with van der Waals surface area (Å²) in [6.07, 6.45) is 1.35. The van der Waals surface area contributed by atoms with E-state index in [1.165, 1.54) is 24.0 Å². The maximum atomic E-state index is 11.7. The van der Waals surface area contributed by atoms with Crippen molar-refractivity contribution in [2.75, 3.05) is 17.7 Å². The van der Waals surface area contributed by atoms with Crippen LogP contribution in [0.2, 0.25) is 15.1 Å². The van der Waals surface area contributed by atoms with Gasteiger partial charge in [0.2, 0.25) is 0 Å². The number of ether oxygens (including phenoxy) is 1. The third-order valence-corrected chi connectivity index (χ3v) is 4.33. The summed E-state index contributed by atoms with van der Waals surface area (Å²) < 4.78 is 4.89. The molecule has 1 aromatic heterocycles. The van der Waals surface area contributed by atoms with E-state index in [1.807, 2.05) is 0 Å². The first-order chi connectivity index (χ1) is 11.4. The Morgan fingerprint density at radius 1 is 1.12 bits per heavy atom. The number of esters is 1. The Labute approximate surface area is 157 Å². The normalized spacial score (nSPS) is 10.3. The van der Waals surface area contributed by atoms with Crippen molar-refractivity contribution in [3.63, 3.8) is 0 Å². The number of carbonyl (C=O) groups excluding carboxylic acids is 2. The van der Waals surface area contributed by atoms with Gasteiger partial charge in [-0.2, -0.15) is 0 Å². The number of rotatable bonds is 6. The number of pyridine rings is 1. The molecule has 1 aromatic carbocycles. The molecule has 0 saturated heterocycles. The molecule has 0 fully saturated rings. The van der Waals surface area contributed by atoms with E-state index < -0.39 is 18.5 Å². The van der Waals surface area contributed by atoms with Crippen LogP contribution in [-0.4, -0.2) is 29.2 Å². The van der Waals surface area contributed by atoms with Crippen LogP contribution in [0, 0.1) is 0 Å². The van der Waals surface area contributed by atoms with Gasteiger partial charge in [0.25, 0.3) is 5.91 Å². The van der Waals surface area contributed by atoms with Crippen molar-refractivity contribution in [3.05, 3.63) is 51.6 Å². The van der Waals surface area contributed by atoms with Crippen molar-refractivity contribution in [3.8, 4) is 0 Å². The van der Waals surface area contributed by atoms with E-state index in [-0.39, 0.29) is 16.6 Å². The second kappa shape index (κ2) is 9.13. The molecule has 0 saturated carbocycles. The maximum Gasteiger partial charge on any atom is 0.316 e. The molecular weight excluding hydrogens is 395 g/mol. The Hall–Kier alpha value is -1.47. The van der Waals surface area contributed by atoms with Crippen LogP contribution < -0.4 is 5.32 Å². The van der Waals surface area contributed by atoms with Gasteiger partial charge in [-0.1, -0.05) is 34.8 Å². The van der Waals surface area contributed by atoms with Crippen LogP contribution in [0.25, 0.3) is 0 Å². The fourth-order valence-electron chi connectivity index (χ4n) is 1.54. The van der Waals surface area contributed by atoms with Crippen molar-refractivity contribution in [1.29, 1.82) is 0 Å². The highest BCUT2D eigenvalue weighted by Gasteiger charge is 2.11. The molecule has 0 aliphatic carbocycles. The predicted molar refractivity (Wildman–Crippen MR) is 96.0 cm³/mol. The monoisotopic (exact) mass is 404 g/mol. The van der Waals surface area contributed by atoms with Crippen LogP contribution in [0.1, 0.15) is 0 Å². The molecule has 1 N–H and O–H groups in total. The van der Waals surface area contributed by atoms with E-state index in [0.29, 0.717) is 10.0 Å². The zero-order valence-corrected chi connectivity index (χ0v) is 15.2. The molecule has 5 nitrogen and oxygen atoms in total. The summed E-state index contributed by atoms with van der Waals surface area (Å²) in [6, 6.07) is 8.49. The van der Waals surface area contributed by atoms with Gasteiger partial charge >= 0.3 is 5.97 Å². The molecule has 2 rings (SSSR count). The van der Waals surface area contributed by atoms with Gasteiger partial charge in [-0.05, 0) is 30.3 Å². The first-order valence-corrected chi connectivity index (χ1v) is 8.71. The summed E-state index contributed by atoms with van der Waals surface area (Å²) in [5.41, 5.74) is 0. The summed E-state index contributed by atoms with van der Waals surface area (Å²) in [7, 11) is 0. The Balaban J connectivity index is 1.74. The lowest BCUT2D eigenvalue weighted by Gasteiger charge is -2.07. The van der Waals surface area contributed by atoms with Crippen LogP contribution in [0.15, 0.2) is 41.4 Å². The SMILES string of the molecule is O=C(COC(=O)CSc1ccc(Cl)cc1)Nc1ncc(Cl)cc1Cl. The summed E-state index contributed by atoms with van der Waals surface area (Å²) in [5.74, 6) is -0.830. The predicted octanol–water partition coefficient (Wildman–Crippen LogP) is 4.32. The lowest BCUT2D eigenvalue weighted by Crippen LogP contribution is -2.22. The number of carbonyl (C=O) groups is 2. The lowest BCUT2D eigenvalue weighted by atomic mass is 10.4. The third-order valence-electron chi connectivity index (χ3n) is 2.60. The number of hydrogen-bond acceptors (Lipinski definition) is 5. The first-order valence-electron chi connectivity index (χ1n) is 6.59. The Morgan fingerprint density at radius 2 is 1.83 bits per heavy atom. The summed E-state index contributed by atoms with van der Waals surface area (Å²) in [6.45, 7) is -0.430. The zero-order chi connectivity index (χ0) is 17.5. The Kier molecular flexibility index (Phi) is 7.17. The van der Waals surface area contributed by atoms with Gasteiger partial charge in [0.1, 0.15) is 0 Å². The van der Waals surface area contributed by atoms with E-state index in [9.17, 15) is 9.59 Å². The lowest BCUT2D eigenvalue weighted by molar-refractivity contribution is -0.144. The van der Waals surface area contributed by atoms with Crippen molar-refractivity contribution in [2.24, 2.45) is 0 Å². The number of hydrogen-bond donors (Lipinski definition) is 1. The van der Waals surface area contributed by atoms with Gasteiger partial charge in [0.05, 0.1) is 15.8 Å². The highest BCUT2D eigenvalue weighted by atomic mass is 35.5. The van der Waals surface area contributed by atoms with E-state index in [1.54, 1.807) is 24.3 Å². The van der Waals surface area contributed by atoms with E-state index in [2.05, 4.69) is 10.3 Å². The van der Waals surface area contributed by atoms with Crippen molar-refractivity contribution in [2.45, 2.75) is 4.90 Å². The molecule has 2 aromatic rings. The Morgan fingerprint density at radius 3 is 2.50 bits per heavy atom. The second-order valence-electron chi connectivity index (χ2n) is 4.44. The molecule has 0 spiro atoms. The number of nitrogens with one attached hydrogen (secondary N) is 1. The molecule has 126 valence electrons. The van der Waals surface area contributed by atoms with E-state index in [0.717, 1.165) is 4.90 Å². The minimum Gasteiger partial charge on any atom is -0.455 e. The van der Waals surface area contributed by atoms with Gasteiger partial charge in [0.15, 0.2) is 12.4 Å². The van der Waals surface area contributed by atoms with Crippen molar-refractivity contribution < 1.29 is 14.3 Å². The molecular formula is C15H11Cl3N2O3S. The van der Waals surface area contributed by atoms with E-state index >= 15 is 0 Å². The molecule has 0 radical (unpaired) electrons. The number of amides is 1. The fraction of sp³-hybridized carbons (Fsp3) is 0.133. The molecule has 0 atom stereocenters. The maximum absolute atomic E-state index is 11.7. The average Bonchev–Trinajstić information content (AvgIpc) is 2.55. The van der Waals surface area contributed by atoms with Gasteiger partial charge < -0.3 is 10.1 Å². The minimum absolute atomic E-state index is 0.0782. The van der Waals surface area contributed by atoms with Gasteiger partial charge in [-0.15, -0.1) is 11.8 Å². The fourth-order valence-corrected chi connectivity index (χ4v) is 2.79. The number of nitrogens with zero attached hydrogens (tertiary/aromatic N) is 1. The molecule has 0 bridgehead atoms. The summed E-state index contributed by atoms with van der Waals surface area (Å²) in [5, 5.41) is 3.60. The number of halogens is 3. The van der Waals surface area contributed by atoms with Gasteiger partial charge in [-0.3, -0.25) is 9.59 Å². The quantitative estimate of drug-likeness (QED) is 0.573. The number of benzene rings is 1. The van der Waals surface area contributed by atoms with Crippen molar-refractivity contribution >= 4 is 64.3 Å². The smallest absolute Gasteiger partial charge is 0.316 e. The molecule has 1 heterocycles. The molecule has 9 heteroatoms. The molecule has 24 heavy (non-hydrogen) atoms. The zero-order valence-electron chi connectivity index (χ0n) is 12.1. The van der Waals surface area contributed by atoms with Crippen LogP contribution in [0.3, 0.4) is 0 Å².